The minimum Gasteiger partial charge on any atom is -0.489 e. The number of rotatable bonds is 32. The first kappa shape index (κ1) is 47.8. The van der Waals surface area contributed by atoms with E-state index in [0.29, 0.717) is 129 Å². The molecule has 1 aromatic rings. The molecule has 0 radical (unpaired) electrons. The second-order valence-corrected chi connectivity index (χ2v) is 8.89. The highest BCUT2D eigenvalue weighted by molar-refractivity contribution is 5.70. The van der Waals surface area contributed by atoms with E-state index >= 15 is 0 Å². The number of ether oxygens (including phenoxy) is 13. The maximum Gasteiger partial charge on any atom is 0.308 e. The van der Waals surface area contributed by atoms with Gasteiger partial charge in [-0.15, -0.1) is 0 Å². The van der Waals surface area contributed by atoms with Crippen LogP contribution >= 0.6 is 0 Å². The molecule has 0 aliphatic carbocycles. The SMILES string of the molecule is CC.CC.COCCOCCOCCCOc1cc(OC(C)=O)cc(OCCOCCOCCOC)c1OCCOCCOCCOC. The second kappa shape index (κ2) is 39.2. The van der Waals surface area contributed by atoms with Crippen molar-refractivity contribution in [2.45, 2.75) is 41.0 Å². The van der Waals surface area contributed by atoms with Crippen LogP contribution in [0.4, 0.5) is 0 Å². The van der Waals surface area contributed by atoms with Crippen molar-refractivity contribution in [1.82, 2.24) is 0 Å². The third kappa shape index (κ3) is 29.8. The van der Waals surface area contributed by atoms with Gasteiger partial charge in [0.15, 0.2) is 11.5 Å². The summed E-state index contributed by atoms with van der Waals surface area (Å²) in [6.07, 6.45) is 0.609. The van der Waals surface area contributed by atoms with Gasteiger partial charge in [-0.1, -0.05) is 27.7 Å². The topological polar surface area (TPSA) is 137 Å². The van der Waals surface area contributed by atoms with Crippen molar-refractivity contribution in [2.24, 2.45) is 0 Å². The first-order chi connectivity index (χ1) is 23.6. The maximum atomic E-state index is 11.7. The van der Waals surface area contributed by atoms with Gasteiger partial charge in [-0.3, -0.25) is 4.79 Å². The lowest BCUT2D eigenvalue weighted by Gasteiger charge is -2.19. The molecule has 0 fully saturated rings. The smallest absolute Gasteiger partial charge is 0.308 e. The minimum atomic E-state index is -0.477. The van der Waals surface area contributed by atoms with Gasteiger partial charge < -0.3 is 61.6 Å². The predicted octanol–water partition coefficient (Wildman–Crippen LogP) is 4.23. The van der Waals surface area contributed by atoms with Crippen LogP contribution in [0.15, 0.2) is 12.1 Å². The molecular weight excluding hydrogens is 632 g/mol. The number of benzene rings is 1. The molecule has 0 bridgehead atoms. The van der Waals surface area contributed by atoms with Gasteiger partial charge in [-0.05, 0) is 0 Å². The molecule has 1 aromatic carbocycles. The number of esters is 1. The number of carbonyl (C=O) groups excluding carboxylic acids is 1. The fourth-order valence-electron chi connectivity index (χ4n) is 3.28. The lowest BCUT2D eigenvalue weighted by atomic mass is 10.2. The maximum absolute atomic E-state index is 11.7. The molecule has 0 unspecified atom stereocenters. The Bertz CT molecular complexity index is 812. The quantitative estimate of drug-likeness (QED) is 0.0604. The van der Waals surface area contributed by atoms with Crippen LogP contribution in [-0.2, 0) is 47.4 Å². The Morgan fingerprint density at radius 1 is 0.458 bits per heavy atom. The average molecular weight is 697 g/mol. The summed E-state index contributed by atoms with van der Waals surface area (Å²) in [6, 6.07) is 3.17. The minimum absolute atomic E-state index is 0.215. The number of hydrogen-bond acceptors (Lipinski definition) is 14. The summed E-state index contributed by atoms with van der Waals surface area (Å²) in [5.74, 6) is 0.838. The lowest BCUT2D eigenvalue weighted by Crippen LogP contribution is -2.15. The van der Waals surface area contributed by atoms with Crippen molar-refractivity contribution < 1.29 is 66.4 Å². The fourth-order valence-corrected chi connectivity index (χ4v) is 3.28. The van der Waals surface area contributed by atoms with Gasteiger partial charge in [0.1, 0.15) is 19.0 Å². The summed E-state index contributed by atoms with van der Waals surface area (Å²) < 4.78 is 71.2. The van der Waals surface area contributed by atoms with Crippen molar-refractivity contribution in [3.05, 3.63) is 12.1 Å². The van der Waals surface area contributed by atoms with Crippen LogP contribution in [0, 0.1) is 0 Å². The predicted molar refractivity (Wildman–Crippen MR) is 182 cm³/mol. The van der Waals surface area contributed by atoms with E-state index in [1.165, 1.54) is 6.92 Å². The third-order valence-corrected chi connectivity index (χ3v) is 5.32. The van der Waals surface area contributed by atoms with Gasteiger partial charge in [0.05, 0.1) is 99.1 Å². The Morgan fingerprint density at radius 3 is 1.19 bits per heavy atom. The second-order valence-electron chi connectivity index (χ2n) is 8.89. The van der Waals surface area contributed by atoms with E-state index in [1.54, 1.807) is 33.5 Å². The summed E-state index contributed by atoms with van der Waals surface area (Å²) in [4.78, 5) is 11.7. The van der Waals surface area contributed by atoms with E-state index in [0.717, 1.165) is 0 Å². The van der Waals surface area contributed by atoms with E-state index in [4.69, 9.17) is 61.6 Å². The zero-order valence-electron chi connectivity index (χ0n) is 30.8. The van der Waals surface area contributed by atoms with Gasteiger partial charge in [-0.25, -0.2) is 0 Å². The molecule has 48 heavy (non-hydrogen) atoms. The van der Waals surface area contributed by atoms with Crippen molar-refractivity contribution in [3.8, 4) is 23.0 Å². The van der Waals surface area contributed by atoms with Crippen LogP contribution in [-0.4, -0.2) is 146 Å². The Morgan fingerprint density at radius 2 is 0.792 bits per heavy atom. The summed E-state index contributed by atoms with van der Waals surface area (Å²) in [7, 11) is 4.87. The van der Waals surface area contributed by atoms with Crippen LogP contribution in [0.3, 0.4) is 0 Å². The molecule has 0 aromatic heterocycles. The highest BCUT2D eigenvalue weighted by Gasteiger charge is 2.18. The van der Waals surface area contributed by atoms with Gasteiger partial charge in [0.25, 0.3) is 0 Å². The van der Waals surface area contributed by atoms with Crippen LogP contribution < -0.4 is 18.9 Å². The summed E-state index contributed by atoms with van der Waals surface area (Å²) in [5, 5.41) is 0. The van der Waals surface area contributed by atoms with E-state index in [1.807, 2.05) is 27.7 Å². The molecule has 0 saturated carbocycles. The number of carbonyl (C=O) groups is 1. The molecule has 14 nitrogen and oxygen atoms in total. The molecule has 1 rings (SSSR count). The fraction of sp³-hybridized carbons (Fsp3) is 0.794. The summed E-state index contributed by atoms with van der Waals surface area (Å²) >= 11 is 0. The van der Waals surface area contributed by atoms with E-state index in [9.17, 15) is 4.79 Å². The normalized spacial score (nSPS) is 10.4. The monoisotopic (exact) mass is 696 g/mol. The van der Waals surface area contributed by atoms with Crippen LogP contribution in [0.25, 0.3) is 0 Å². The van der Waals surface area contributed by atoms with E-state index < -0.39 is 5.97 Å². The Balaban J connectivity index is 0. The average Bonchev–Trinajstić information content (AvgIpc) is 3.09. The molecule has 0 spiro atoms. The molecular formula is C34H64O14. The highest BCUT2D eigenvalue weighted by Crippen LogP contribution is 2.41. The molecule has 0 aliphatic heterocycles. The Labute approximate surface area is 288 Å². The highest BCUT2D eigenvalue weighted by atomic mass is 16.6. The van der Waals surface area contributed by atoms with Gasteiger partial charge in [0.2, 0.25) is 5.75 Å². The molecule has 0 aliphatic rings. The summed E-state index contributed by atoms with van der Waals surface area (Å²) in [5.41, 5.74) is 0. The van der Waals surface area contributed by atoms with Crippen molar-refractivity contribution >= 4 is 5.97 Å². The zero-order chi connectivity index (χ0) is 35.9. The molecule has 0 N–H and O–H groups in total. The Kier molecular flexibility index (Phi) is 39.0. The standard InChI is InChI=1S/C30H52O14.2C2H6/c1-26(31)44-27-24-28(41-7-5-6-35-14-15-36-11-8-32-2)30(43-23-21-40-19-17-38-13-10-34-4)29(25-27)42-22-20-39-18-16-37-12-9-33-3;2*1-2/h24-25H,5-23H2,1-4H3;2*1-2H3. The first-order valence-electron chi connectivity index (χ1n) is 16.8. The van der Waals surface area contributed by atoms with E-state index in [-0.39, 0.29) is 19.0 Å². The number of hydrogen-bond donors (Lipinski definition) is 0. The van der Waals surface area contributed by atoms with Crippen LogP contribution in [0.2, 0.25) is 0 Å². The van der Waals surface area contributed by atoms with Crippen molar-refractivity contribution in [1.29, 1.82) is 0 Å². The summed E-state index contributed by atoms with van der Waals surface area (Å²) in [6.45, 7) is 17.0. The molecule has 0 heterocycles. The van der Waals surface area contributed by atoms with Gasteiger partial charge in [0, 0.05) is 53.4 Å². The lowest BCUT2D eigenvalue weighted by molar-refractivity contribution is -0.131. The molecule has 0 amide bonds. The van der Waals surface area contributed by atoms with E-state index in [2.05, 4.69) is 0 Å². The van der Waals surface area contributed by atoms with Crippen LogP contribution in [0.5, 0.6) is 23.0 Å². The largest absolute Gasteiger partial charge is 0.489 e. The molecule has 14 heteroatoms. The van der Waals surface area contributed by atoms with Gasteiger partial charge >= 0.3 is 5.97 Å². The van der Waals surface area contributed by atoms with Crippen molar-refractivity contribution in [2.75, 3.05) is 140 Å². The molecule has 0 atom stereocenters. The van der Waals surface area contributed by atoms with Gasteiger partial charge in [-0.2, -0.15) is 0 Å². The molecule has 0 saturated heterocycles. The zero-order valence-corrected chi connectivity index (χ0v) is 30.8. The van der Waals surface area contributed by atoms with Crippen LogP contribution in [0.1, 0.15) is 41.0 Å². The number of methoxy groups -OCH3 is 3. The molecule has 284 valence electrons. The Hall–Kier alpha value is -2.27. The third-order valence-electron chi connectivity index (χ3n) is 5.32. The first-order valence-corrected chi connectivity index (χ1v) is 16.8. The van der Waals surface area contributed by atoms with Crippen molar-refractivity contribution in [3.63, 3.8) is 0 Å².